The summed E-state index contributed by atoms with van der Waals surface area (Å²) in [5, 5.41) is 5.24. The predicted octanol–water partition coefficient (Wildman–Crippen LogP) is 2.94. The monoisotopic (exact) mass is 548 g/mol. The van der Waals surface area contributed by atoms with Crippen molar-refractivity contribution < 1.29 is 21.6 Å². The molecule has 9 nitrogen and oxygen atoms in total. The minimum atomic E-state index is -3.88. The Morgan fingerprint density at radius 2 is 1.69 bits per heavy atom. The van der Waals surface area contributed by atoms with E-state index in [-0.39, 0.29) is 27.2 Å². The van der Waals surface area contributed by atoms with E-state index in [9.17, 15) is 21.6 Å². The highest BCUT2D eigenvalue weighted by Crippen LogP contribution is 2.27. The summed E-state index contributed by atoms with van der Waals surface area (Å²) in [7, 11) is -7.54. The number of allylic oxidation sites excluding steroid dienone is 1. The summed E-state index contributed by atoms with van der Waals surface area (Å²) in [4.78, 5) is 17.6. The van der Waals surface area contributed by atoms with Crippen molar-refractivity contribution in [3.05, 3.63) is 65.5 Å². The van der Waals surface area contributed by atoms with Crippen LogP contribution in [0.15, 0.2) is 69.9 Å². The van der Waals surface area contributed by atoms with Crippen LogP contribution in [0.4, 0.5) is 0 Å². The second kappa shape index (κ2) is 10.0. The zero-order chi connectivity index (χ0) is 26.3. The highest BCUT2D eigenvalue weighted by Gasteiger charge is 2.31. The third-order valence-electron chi connectivity index (χ3n) is 6.07. The topological polar surface area (TPSA) is 132 Å². The van der Waals surface area contributed by atoms with Gasteiger partial charge >= 0.3 is 0 Å². The van der Waals surface area contributed by atoms with Crippen LogP contribution < -0.4 is 9.94 Å². The molecule has 2 N–H and O–H groups in total. The van der Waals surface area contributed by atoms with E-state index in [1.54, 1.807) is 16.7 Å². The molecular weight excluding hydrogens is 520 g/mol. The van der Waals surface area contributed by atoms with Gasteiger partial charge in [0.15, 0.2) is 4.80 Å². The van der Waals surface area contributed by atoms with Gasteiger partial charge in [0.25, 0.3) is 5.91 Å². The van der Waals surface area contributed by atoms with E-state index in [0.29, 0.717) is 34.7 Å². The average Bonchev–Trinajstić information content (AvgIpc) is 3.14. The number of hydrogen-bond acceptors (Lipinski definition) is 6. The van der Waals surface area contributed by atoms with Gasteiger partial charge in [0.2, 0.25) is 20.0 Å². The summed E-state index contributed by atoms with van der Waals surface area (Å²) < 4.78 is 53.5. The van der Waals surface area contributed by atoms with E-state index in [2.05, 4.69) is 11.6 Å². The Kier molecular flexibility index (Phi) is 7.35. The van der Waals surface area contributed by atoms with Crippen molar-refractivity contribution >= 4 is 47.5 Å². The average molecular weight is 549 g/mol. The molecule has 36 heavy (non-hydrogen) atoms. The Balaban J connectivity index is 1.67. The van der Waals surface area contributed by atoms with Gasteiger partial charge in [-0.25, -0.2) is 22.0 Å². The molecule has 0 bridgehead atoms. The first-order chi connectivity index (χ1) is 16.9. The van der Waals surface area contributed by atoms with Gasteiger partial charge in [-0.15, -0.1) is 6.58 Å². The van der Waals surface area contributed by atoms with Crippen LogP contribution in [0, 0.1) is 11.8 Å². The maximum atomic E-state index is 13.1. The fourth-order valence-electron chi connectivity index (χ4n) is 4.49. The number of aromatic nitrogens is 1. The molecule has 0 unspecified atom stereocenters. The van der Waals surface area contributed by atoms with Crippen LogP contribution >= 0.6 is 11.3 Å². The van der Waals surface area contributed by atoms with Crippen LogP contribution in [-0.2, 0) is 26.6 Å². The number of hydrogen-bond donors (Lipinski definition) is 1. The van der Waals surface area contributed by atoms with Crippen LogP contribution in [-0.4, -0.2) is 44.7 Å². The van der Waals surface area contributed by atoms with Gasteiger partial charge in [-0.3, -0.25) is 4.79 Å². The summed E-state index contributed by atoms with van der Waals surface area (Å²) in [5.41, 5.74) is 0.924. The number of carbonyl (C=O) groups is 1. The lowest BCUT2D eigenvalue weighted by Gasteiger charge is -2.34. The van der Waals surface area contributed by atoms with Crippen LogP contribution in [0.1, 0.15) is 30.6 Å². The molecule has 1 aliphatic rings. The van der Waals surface area contributed by atoms with E-state index in [1.165, 1.54) is 40.7 Å². The van der Waals surface area contributed by atoms with Crippen molar-refractivity contribution in [3.8, 4) is 0 Å². The quantitative estimate of drug-likeness (QED) is 0.473. The van der Waals surface area contributed by atoms with Gasteiger partial charge in [-0.1, -0.05) is 31.3 Å². The van der Waals surface area contributed by atoms with Crippen LogP contribution in [0.5, 0.6) is 0 Å². The zero-order valence-electron chi connectivity index (χ0n) is 20.0. The van der Waals surface area contributed by atoms with Gasteiger partial charge in [-0.2, -0.15) is 9.30 Å². The van der Waals surface area contributed by atoms with E-state index in [0.717, 1.165) is 17.8 Å². The highest BCUT2D eigenvalue weighted by molar-refractivity contribution is 7.89. The van der Waals surface area contributed by atoms with Crippen molar-refractivity contribution in [2.45, 2.75) is 36.6 Å². The number of amides is 1. The number of primary sulfonamides is 1. The first kappa shape index (κ1) is 26.4. The predicted molar refractivity (Wildman–Crippen MR) is 139 cm³/mol. The molecule has 1 aliphatic heterocycles. The number of piperidine rings is 1. The maximum Gasteiger partial charge on any atom is 0.279 e. The molecule has 0 spiro atoms. The fourth-order valence-corrected chi connectivity index (χ4v) is 7.86. The third kappa shape index (κ3) is 5.37. The highest BCUT2D eigenvalue weighted by atomic mass is 32.2. The summed E-state index contributed by atoms with van der Waals surface area (Å²) >= 11 is 1.15. The van der Waals surface area contributed by atoms with Gasteiger partial charge in [0, 0.05) is 25.2 Å². The van der Waals surface area contributed by atoms with Crippen molar-refractivity contribution in [3.63, 3.8) is 0 Å². The molecule has 1 amide bonds. The number of rotatable bonds is 6. The van der Waals surface area contributed by atoms with Crippen molar-refractivity contribution in [2.24, 2.45) is 22.0 Å². The third-order valence-corrected chi connectivity index (χ3v) is 9.86. The first-order valence-corrected chi connectivity index (χ1v) is 15.2. The molecule has 0 saturated carbocycles. The molecule has 1 aromatic heterocycles. The van der Waals surface area contributed by atoms with Crippen LogP contribution in [0.3, 0.4) is 0 Å². The number of nitrogens with two attached hydrogens (primary N) is 1. The normalized spacial score (nSPS) is 20.0. The number of benzene rings is 2. The minimum absolute atomic E-state index is 0.0332. The Labute approximate surface area is 214 Å². The molecule has 1 fully saturated rings. The van der Waals surface area contributed by atoms with Gasteiger partial charge in [0.05, 0.1) is 20.0 Å². The van der Waals surface area contributed by atoms with Gasteiger partial charge in [0.1, 0.15) is 0 Å². The van der Waals surface area contributed by atoms with Crippen LogP contribution in [0.2, 0.25) is 0 Å². The Bertz CT molecular complexity index is 1590. The molecule has 2 aromatic carbocycles. The fraction of sp³-hybridized carbons (Fsp3) is 0.333. The largest absolute Gasteiger partial charge is 0.312 e. The maximum absolute atomic E-state index is 13.1. The van der Waals surface area contributed by atoms with Gasteiger partial charge < -0.3 is 4.57 Å². The zero-order valence-corrected chi connectivity index (χ0v) is 22.4. The number of sulfonamides is 2. The SMILES string of the molecule is C=CCn1c(=NC(=O)c2ccc(S(=O)(=O)N3C[C@H](C)C[C@H](C)C3)cc2)sc2cc(S(N)(=O)=O)ccc21. The van der Waals surface area contributed by atoms with E-state index in [1.807, 2.05) is 13.8 Å². The molecule has 2 atom stereocenters. The Morgan fingerprint density at radius 1 is 1.08 bits per heavy atom. The second-order valence-electron chi connectivity index (χ2n) is 9.17. The molecular formula is C24H28N4O5S3. The summed E-state index contributed by atoms with van der Waals surface area (Å²) in [6.45, 7) is 9.14. The minimum Gasteiger partial charge on any atom is -0.312 e. The Hall–Kier alpha value is -2.64. The molecule has 1 saturated heterocycles. The van der Waals surface area contributed by atoms with E-state index < -0.39 is 26.0 Å². The summed E-state index contributed by atoms with van der Waals surface area (Å²) in [5.74, 6) is 0.0239. The van der Waals surface area contributed by atoms with Crippen molar-refractivity contribution in [1.29, 1.82) is 0 Å². The number of nitrogens with zero attached hydrogens (tertiary/aromatic N) is 3. The van der Waals surface area contributed by atoms with Crippen molar-refractivity contribution in [2.75, 3.05) is 13.1 Å². The standard InChI is InChI=1S/C24H28N4O5S3/c1-4-11-28-21-10-9-20(35(25,30)31)13-22(21)34-24(28)26-23(29)18-5-7-19(8-6-18)36(32,33)27-14-16(2)12-17(3)15-27/h4-10,13,16-17H,1,11-12,14-15H2,2-3H3,(H2,25,30,31)/t16-,17+. The molecule has 4 rings (SSSR count). The number of fused-ring (bicyclic) bond motifs is 1. The molecule has 12 heteroatoms. The molecule has 0 radical (unpaired) electrons. The smallest absolute Gasteiger partial charge is 0.279 e. The van der Waals surface area contributed by atoms with Crippen LogP contribution in [0.25, 0.3) is 10.2 Å². The lowest BCUT2D eigenvalue weighted by atomic mass is 9.94. The van der Waals surface area contributed by atoms with E-state index in [4.69, 9.17) is 5.14 Å². The van der Waals surface area contributed by atoms with E-state index >= 15 is 0 Å². The summed E-state index contributed by atoms with van der Waals surface area (Å²) in [6.07, 6.45) is 2.64. The lowest BCUT2D eigenvalue weighted by molar-refractivity contribution is 0.0997. The van der Waals surface area contributed by atoms with Gasteiger partial charge in [-0.05, 0) is 60.7 Å². The number of carbonyl (C=O) groups excluding carboxylic acids is 1. The lowest BCUT2D eigenvalue weighted by Crippen LogP contribution is -2.42. The molecule has 3 aromatic rings. The molecule has 192 valence electrons. The summed E-state index contributed by atoms with van der Waals surface area (Å²) in [6, 6.07) is 10.2. The molecule has 0 aliphatic carbocycles. The first-order valence-electron chi connectivity index (χ1n) is 11.4. The second-order valence-corrected chi connectivity index (χ2v) is 13.7. The number of thiazole rings is 1. The molecule has 2 heterocycles. The van der Waals surface area contributed by atoms with Crippen molar-refractivity contribution in [1.82, 2.24) is 8.87 Å². The Morgan fingerprint density at radius 3 is 2.28 bits per heavy atom.